The molecule has 0 fully saturated rings. The zero-order valence-corrected chi connectivity index (χ0v) is 19.1. The smallest absolute Gasteiger partial charge is 0.262 e. The number of nitrogens with one attached hydrogen (secondary N) is 2. The van der Waals surface area contributed by atoms with E-state index in [1.807, 2.05) is 37.3 Å². The minimum atomic E-state index is -3.85. The summed E-state index contributed by atoms with van der Waals surface area (Å²) in [5.41, 5.74) is 1.48. The lowest BCUT2D eigenvalue weighted by atomic mass is 10.1. The van der Waals surface area contributed by atoms with Crippen molar-refractivity contribution in [1.29, 1.82) is 0 Å². The number of fused-ring (bicyclic) bond motifs is 2. The van der Waals surface area contributed by atoms with Gasteiger partial charge in [0, 0.05) is 22.7 Å². The van der Waals surface area contributed by atoms with Crippen LogP contribution in [0.25, 0.3) is 11.0 Å². The molecule has 0 saturated carbocycles. The van der Waals surface area contributed by atoms with Gasteiger partial charge < -0.3 is 19.2 Å². The van der Waals surface area contributed by atoms with E-state index < -0.39 is 10.0 Å². The highest BCUT2D eigenvalue weighted by Crippen LogP contribution is 2.32. The Labute approximate surface area is 196 Å². The van der Waals surface area contributed by atoms with Crippen LogP contribution in [0.3, 0.4) is 0 Å². The number of benzene rings is 3. The fourth-order valence-electron chi connectivity index (χ4n) is 3.66. The Bertz CT molecular complexity index is 1430. The van der Waals surface area contributed by atoms with Gasteiger partial charge in [0.25, 0.3) is 15.9 Å². The Kier molecular flexibility index (Phi) is 5.62. The second-order valence-corrected chi connectivity index (χ2v) is 9.55. The molecule has 0 unspecified atom stereocenters. The average Bonchev–Trinajstić information content (AvgIpc) is 3.28. The van der Waals surface area contributed by atoms with Gasteiger partial charge >= 0.3 is 0 Å². The molecule has 174 valence electrons. The number of amides is 1. The lowest BCUT2D eigenvalue weighted by molar-refractivity contribution is 0.0935. The summed E-state index contributed by atoms with van der Waals surface area (Å²) in [6.07, 6.45) is 0. The number of carbonyl (C=O) groups excluding carboxylic acids is 1. The number of rotatable bonds is 6. The predicted molar refractivity (Wildman–Crippen MR) is 127 cm³/mol. The monoisotopic (exact) mass is 478 g/mol. The molecule has 1 atom stereocenters. The maximum absolute atomic E-state index is 12.8. The Morgan fingerprint density at radius 1 is 0.912 bits per heavy atom. The number of furan rings is 1. The molecule has 4 aromatic rings. The number of sulfonamides is 1. The van der Waals surface area contributed by atoms with E-state index in [1.54, 1.807) is 18.2 Å². The van der Waals surface area contributed by atoms with Gasteiger partial charge in [0.1, 0.15) is 24.6 Å². The summed E-state index contributed by atoms with van der Waals surface area (Å²) in [5, 5.41) is 3.86. The maximum Gasteiger partial charge on any atom is 0.262 e. The van der Waals surface area contributed by atoms with E-state index in [1.165, 1.54) is 24.3 Å². The van der Waals surface area contributed by atoms with Gasteiger partial charge in [0.15, 0.2) is 11.5 Å². The van der Waals surface area contributed by atoms with Crippen molar-refractivity contribution in [2.75, 3.05) is 17.9 Å². The van der Waals surface area contributed by atoms with E-state index in [0.29, 0.717) is 41.7 Å². The van der Waals surface area contributed by atoms with Crippen molar-refractivity contribution >= 4 is 32.6 Å². The standard InChI is InChI=1S/C25H22N2O6S/c1-16(23-14-18-4-2-3-5-21(18)33-23)26-25(28)17-6-8-19(9-7-17)27-34(29,30)20-10-11-22-24(15-20)32-13-12-31-22/h2-11,14-16,27H,12-13H2,1H3,(H,26,28)/t16-/m0/s1. The van der Waals surface area contributed by atoms with Gasteiger partial charge in [-0.2, -0.15) is 0 Å². The SMILES string of the molecule is C[C@H](NC(=O)c1ccc(NS(=O)(=O)c2ccc3c(c2)OCCO3)cc1)c1cc2ccccc2o1. The van der Waals surface area contributed by atoms with Crippen molar-refractivity contribution in [3.8, 4) is 11.5 Å². The Morgan fingerprint density at radius 3 is 2.41 bits per heavy atom. The van der Waals surface area contributed by atoms with Crippen LogP contribution in [0, 0.1) is 0 Å². The largest absolute Gasteiger partial charge is 0.486 e. The maximum atomic E-state index is 12.8. The van der Waals surface area contributed by atoms with Crippen LogP contribution in [0.1, 0.15) is 29.1 Å². The van der Waals surface area contributed by atoms with E-state index in [9.17, 15) is 13.2 Å². The molecule has 1 aliphatic rings. The molecule has 5 rings (SSSR count). The van der Waals surface area contributed by atoms with E-state index in [4.69, 9.17) is 13.9 Å². The summed E-state index contributed by atoms with van der Waals surface area (Å²) in [7, 11) is -3.85. The highest BCUT2D eigenvalue weighted by atomic mass is 32.2. The van der Waals surface area contributed by atoms with Gasteiger partial charge in [0.05, 0.1) is 10.9 Å². The molecule has 1 amide bonds. The number of carbonyl (C=O) groups is 1. The minimum Gasteiger partial charge on any atom is -0.486 e. The van der Waals surface area contributed by atoms with Crippen LogP contribution in [0.4, 0.5) is 5.69 Å². The van der Waals surface area contributed by atoms with E-state index in [0.717, 1.165) is 11.0 Å². The van der Waals surface area contributed by atoms with Crippen molar-refractivity contribution in [3.63, 3.8) is 0 Å². The molecule has 0 spiro atoms. The fraction of sp³-hybridized carbons (Fsp3) is 0.160. The molecule has 9 heteroatoms. The predicted octanol–water partition coefficient (Wildman–Crippen LogP) is 4.50. The third-order valence-electron chi connectivity index (χ3n) is 5.44. The van der Waals surface area contributed by atoms with Crippen molar-refractivity contribution in [1.82, 2.24) is 5.32 Å². The first kappa shape index (κ1) is 21.8. The molecule has 1 aromatic heterocycles. The van der Waals surface area contributed by atoms with Crippen LogP contribution in [0.15, 0.2) is 82.1 Å². The molecular weight excluding hydrogens is 456 g/mol. The first-order valence-electron chi connectivity index (χ1n) is 10.7. The normalized spacial score (nSPS) is 13.9. The summed E-state index contributed by atoms with van der Waals surface area (Å²) >= 11 is 0. The van der Waals surface area contributed by atoms with Crippen LogP contribution in [-0.4, -0.2) is 27.5 Å². The number of hydrogen-bond acceptors (Lipinski definition) is 6. The van der Waals surface area contributed by atoms with Crippen LogP contribution in [0.5, 0.6) is 11.5 Å². The second kappa shape index (κ2) is 8.75. The Balaban J connectivity index is 1.26. The molecule has 3 aromatic carbocycles. The van der Waals surface area contributed by atoms with Crippen molar-refractivity contribution in [2.45, 2.75) is 17.9 Å². The molecule has 34 heavy (non-hydrogen) atoms. The van der Waals surface area contributed by atoms with Crippen molar-refractivity contribution in [2.24, 2.45) is 0 Å². The molecule has 1 aliphatic heterocycles. The Morgan fingerprint density at radius 2 is 1.65 bits per heavy atom. The topological polar surface area (TPSA) is 107 Å². The van der Waals surface area contributed by atoms with E-state index >= 15 is 0 Å². The average molecular weight is 479 g/mol. The summed E-state index contributed by atoms with van der Waals surface area (Å²) in [4.78, 5) is 12.7. The van der Waals surface area contributed by atoms with E-state index in [-0.39, 0.29) is 16.8 Å². The van der Waals surface area contributed by atoms with Crippen molar-refractivity contribution in [3.05, 3.63) is 84.1 Å². The minimum absolute atomic E-state index is 0.0539. The van der Waals surface area contributed by atoms with Crippen LogP contribution in [0.2, 0.25) is 0 Å². The van der Waals surface area contributed by atoms with Gasteiger partial charge in [-0.05, 0) is 55.5 Å². The number of hydrogen-bond donors (Lipinski definition) is 2. The number of ether oxygens (including phenoxy) is 2. The highest BCUT2D eigenvalue weighted by molar-refractivity contribution is 7.92. The molecular formula is C25H22N2O6S. The van der Waals surface area contributed by atoms with Gasteiger partial charge in [-0.25, -0.2) is 8.42 Å². The van der Waals surface area contributed by atoms with Gasteiger partial charge in [-0.1, -0.05) is 18.2 Å². The lowest BCUT2D eigenvalue weighted by Crippen LogP contribution is -2.26. The molecule has 2 N–H and O–H groups in total. The van der Waals surface area contributed by atoms with Gasteiger partial charge in [0.2, 0.25) is 0 Å². The highest BCUT2D eigenvalue weighted by Gasteiger charge is 2.20. The summed E-state index contributed by atoms with van der Waals surface area (Å²) in [6.45, 7) is 2.63. The van der Waals surface area contributed by atoms with Gasteiger partial charge in [-0.3, -0.25) is 9.52 Å². The summed E-state index contributed by atoms with van der Waals surface area (Å²) in [6, 6.07) is 19.8. The molecule has 0 bridgehead atoms. The fourth-order valence-corrected chi connectivity index (χ4v) is 4.74. The summed E-state index contributed by atoms with van der Waals surface area (Å²) in [5.74, 6) is 1.25. The van der Waals surface area contributed by atoms with Crippen LogP contribution < -0.4 is 19.5 Å². The molecule has 0 radical (unpaired) electrons. The molecule has 0 saturated heterocycles. The second-order valence-electron chi connectivity index (χ2n) is 7.87. The molecule has 0 aliphatic carbocycles. The van der Waals surface area contributed by atoms with E-state index in [2.05, 4.69) is 10.0 Å². The molecule has 2 heterocycles. The lowest BCUT2D eigenvalue weighted by Gasteiger charge is -2.19. The first-order chi connectivity index (χ1) is 16.4. The summed E-state index contributed by atoms with van der Waals surface area (Å²) < 4.78 is 44.8. The quantitative estimate of drug-likeness (QED) is 0.423. The van der Waals surface area contributed by atoms with Crippen LogP contribution in [-0.2, 0) is 10.0 Å². The molecule has 8 nitrogen and oxygen atoms in total. The van der Waals surface area contributed by atoms with Crippen molar-refractivity contribution < 1.29 is 27.1 Å². The number of anilines is 1. The zero-order chi connectivity index (χ0) is 23.7. The van der Waals surface area contributed by atoms with Crippen LogP contribution >= 0.6 is 0 Å². The number of para-hydroxylation sites is 1. The third kappa shape index (κ3) is 4.42. The zero-order valence-electron chi connectivity index (χ0n) is 18.3. The third-order valence-corrected chi connectivity index (χ3v) is 6.82. The first-order valence-corrected chi connectivity index (χ1v) is 12.2. The Hall–Kier alpha value is -3.98. The van der Waals surface area contributed by atoms with Gasteiger partial charge in [-0.15, -0.1) is 0 Å².